The Morgan fingerprint density at radius 1 is 0.941 bits per heavy atom. The van der Waals surface area contributed by atoms with Gasteiger partial charge in [-0.2, -0.15) is 0 Å². The zero-order chi connectivity index (χ0) is 23.2. The van der Waals surface area contributed by atoms with Crippen molar-refractivity contribution in [2.24, 2.45) is 5.92 Å². The largest absolute Gasteiger partial charge is 1.00 e. The van der Waals surface area contributed by atoms with Crippen LogP contribution >= 0.6 is 0 Å². The van der Waals surface area contributed by atoms with E-state index in [1.54, 1.807) is 0 Å². The quantitative estimate of drug-likeness (QED) is 0.326. The summed E-state index contributed by atoms with van der Waals surface area (Å²) in [7, 11) is 4.49. The van der Waals surface area contributed by atoms with Gasteiger partial charge in [0.1, 0.15) is 6.54 Å². The third kappa shape index (κ3) is 6.59. The number of unbranched alkanes of at least 4 members (excludes halogenated alkanes) is 1. The number of quaternary nitrogens is 1. The van der Waals surface area contributed by atoms with Crippen molar-refractivity contribution in [1.29, 1.82) is 0 Å². The highest BCUT2D eigenvalue weighted by molar-refractivity contribution is 5.30. The van der Waals surface area contributed by atoms with Crippen LogP contribution in [-0.4, -0.2) is 35.2 Å². The molecule has 1 fully saturated rings. The molecule has 1 heterocycles. The summed E-state index contributed by atoms with van der Waals surface area (Å²) in [6, 6.07) is 20.7. The van der Waals surface area contributed by atoms with Gasteiger partial charge in [0.2, 0.25) is 5.89 Å². The fraction of sp³-hybridized carbons (Fsp3) is 0.483. The molecule has 1 N–H and O–H groups in total. The van der Waals surface area contributed by atoms with Gasteiger partial charge in [0.05, 0.1) is 26.8 Å². The van der Waals surface area contributed by atoms with Crippen molar-refractivity contribution in [2.75, 3.05) is 20.6 Å². The summed E-state index contributed by atoms with van der Waals surface area (Å²) in [5.74, 6) is 1.45. The molecule has 1 aliphatic rings. The summed E-state index contributed by atoms with van der Waals surface area (Å²) >= 11 is 0. The Labute approximate surface area is 215 Å². The van der Waals surface area contributed by atoms with Crippen LogP contribution in [0.1, 0.15) is 67.7 Å². The van der Waals surface area contributed by atoms with Gasteiger partial charge in [0, 0.05) is 5.92 Å². The fourth-order valence-electron chi connectivity index (χ4n) is 5.32. The summed E-state index contributed by atoms with van der Waals surface area (Å²) in [5.41, 5.74) is 1.14. The molecule has 1 aliphatic carbocycles. The lowest BCUT2D eigenvalue weighted by Crippen LogP contribution is -3.00. The average molecular weight is 528 g/mol. The zero-order valence-electron chi connectivity index (χ0n) is 20.6. The molecule has 3 aromatic rings. The Kier molecular flexibility index (Phi) is 9.52. The molecular formula is C29H39BrN2O2. The normalized spacial score (nSPS) is 16.6. The number of aromatic nitrogens is 1. The van der Waals surface area contributed by atoms with E-state index in [0.29, 0.717) is 5.89 Å². The van der Waals surface area contributed by atoms with E-state index >= 15 is 0 Å². The molecule has 0 radical (unpaired) electrons. The molecule has 34 heavy (non-hydrogen) atoms. The summed E-state index contributed by atoms with van der Waals surface area (Å²) in [6.45, 7) is 1.85. The van der Waals surface area contributed by atoms with Gasteiger partial charge in [-0.1, -0.05) is 79.9 Å². The topological polar surface area (TPSA) is 46.3 Å². The highest BCUT2D eigenvalue weighted by atomic mass is 79.9. The molecule has 0 amide bonds. The van der Waals surface area contributed by atoms with Gasteiger partial charge >= 0.3 is 0 Å². The van der Waals surface area contributed by atoms with Crippen LogP contribution in [0.25, 0.3) is 0 Å². The van der Waals surface area contributed by atoms with Crippen molar-refractivity contribution >= 4 is 0 Å². The summed E-state index contributed by atoms with van der Waals surface area (Å²) in [4.78, 5) is 4.63. The van der Waals surface area contributed by atoms with Crippen molar-refractivity contribution in [2.45, 2.75) is 63.5 Å². The molecule has 184 valence electrons. The minimum absolute atomic E-state index is 0. The van der Waals surface area contributed by atoms with Gasteiger partial charge in [-0.25, -0.2) is 4.98 Å². The van der Waals surface area contributed by atoms with Gasteiger partial charge in [0.25, 0.3) is 0 Å². The van der Waals surface area contributed by atoms with E-state index in [-0.39, 0.29) is 22.9 Å². The molecule has 0 aliphatic heterocycles. The van der Waals surface area contributed by atoms with E-state index < -0.39 is 5.60 Å². The summed E-state index contributed by atoms with van der Waals surface area (Å²) in [6.07, 6.45) is 10.9. The monoisotopic (exact) mass is 526 g/mol. The van der Waals surface area contributed by atoms with Crippen LogP contribution < -0.4 is 17.0 Å². The van der Waals surface area contributed by atoms with Gasteiger partial charge in [0.15, 0.2) is 11.4 Å². The first-order chi connectivity index (χ1) is 16.0. The number of hydrogen-bond donors (Lipinski definition) is 1. The van der Waals surface area contributed by atoms with Gasteiger partial charge in [-0.15, -0.1) is 0 Å². The molecule has 2 aromatic carbocycles. The molecular weight excluding hydrogens is 488 g/mol. The molecule has 0 bridgehead atoms. The van der Waals surface area contributed by atoms with E-state index in [0.717, 1.165) is 61.0 Å². The van der Waals surface area contributed by atoms with E-state index in [2.05, 4.69) is 49.4 Å². The molecule has 5 heteroatoms. The molecule has 4 rings (SSSR count). The molecule has 1 atom stereocenters. The molecule has 4 nitrogen and oxygen atoms in total. The van der Waals surface area contributed by atoms with E-state index in [4.69, 9.17) is 4.42 Å². The minimum atomic E-state index is -1.16. The average Bonchev–Trinajstić information content (AvgIpc) is 3.31. The third-order valence-corrected chi connectivity index (χ3v) is 7.20. The van der Waals surface area contributed by atoms with Crippen molar-refractivity contribution in [3.63, 3.8) is 0 Å². The van der Waals surface area contributed by atoms with Crippen LogP contribution in [0, 0.1) is 5.92 Å². The smallest absolute Gasteiger partial charge is 0.231 e. The first kappa shape index (κ1) is 26.7. The van der Waals surface area contributed by atoms with Crippen LogP contribution in [0.2, 0.25) is 0 Å². The Hall–Kier alpha value is -1.95. The number of benzene rings is 2. The SMILES string of the molecule is C[N+](C)(CCCCc1ccccc1)Cc1cnc(C(O)(c2ccccc2)C2CCCCC2)o1.[Br-]. The highest BCUT2D eigenvalue weighted by Gasteiger charge is 2.44. The van der Waals surface area contributed by atoms with E-state index in [1.165, 1.54) is 24.8 Å². The Bertz CT molecular complexity index is 984. The van der Waals surface area contributed by atoms with Crippen molar-refractivity contribution in [3.8, 4) is 0 Å². The Balaban J connectivity index is 0.00000324. The molecule has 1 unspecified atom stereocenters. The van der Waals surface area contributed by atoms with Gasteiger partial charge in [-0.3, -0.25) is 0 Å². The highest BCUT2D eigenvalue weighted by Crippen LogP contribution is 2.43. The zero-order valence-corrected chi connectivity index (χ0v) is 22.2. The second-order valence-electron chi connectivity index (χ2n) is 10.4. The van der Waals surface area contributed by atoms with Crippen LogP contribution in [0.5, 0.6) is 0 Å². The second-order valence-corrected chi connectivity index (χ2v) is 10.4. The van der Waals surface area contributed by atoms with Crippen molar-refractivity contribution < 1.29 is 31.0 Å². The maximum Gasteiger partial charge on any atom is 0.231 e. The minimum Gasteiger partial charge on any atom is -1.00 e. The fourth-order valence-corrected chi connectivity index (χ4v) is 5.32. The summed E-state index contributed by atoms with van der Waals surface area (Å²) < 4.78 is 7.14. The van der Waals surface area contributed by atoms with Crippen LogP contribution in [-0.2, 0) is 18.6 Å². The number of oxazole rings is 1. The first-order valence-corrected chi connectivity index (χ1v) is 12.6. The lowest BCUT2D eigenvalue weighted by atomic mass is 9.73. The molecule has 0 saturated heterocycles. The lowest BCUT2D eigenvalue weighted by Gasteiger charge is -2.36. The first-order valence-electron chi connectivity index (χ1n) is 12.6. The van der Waals surface area contributed by atoms with Crippen LogP contribution in [0.3, 0.4) is 0 Å². The van der Waals surface area contributed by atoms with Gasteiger partial charge < -0.3 is 31.0 Å². The number of nitrogens with zero attached hydrogens (tertiary/aromatic N) is 2. The number of rotatable bonds is 10. The molecule has 1 saturated carbocycles. The van der Waals surface area contributed by atoms with Crippen molar-refractivity contribution in [1.82, 2.24) is 4.98 Å². The number of aliphatic hydroxyl groups is 1. The predicted octanol–water partition coefficient (Wildman–Crippen LogP) is 3.09. The van der Waals surface area contributed by atoms with E-state index in [9.17, 15) is 5.11 Å². The number of halogens is 1. The standard InChI is InChI=1S/C29H39N2O2.BrH/c1-31(2,21-13-12-16-24-14-6-3-7-15-24)23-27-22-30-28(33-27)29(32,25-17-8-4-9-18-25)26-19-10-5-11-20-26;/h3-4,6-9,14-15,17-18,22,26,32H,5,10-13,16,19-21,23H2,1-2H3;1H/q+1;/p-1. The third-order valence-electron chi connectivity index (χ3n) is 7.20. The maximum atomic E-state index is 12.0. The second kappa shape index (κ2) is 12.1. The number of hydrogen-bond acceptors (Lipinski definition) is 3. The van der Waals surface area contributed by atoms with E-state index in [1.807, 2.05) is 36.5 Å². The van der Waals surface area contributed by atoms with Crippen LogP contribution in [0.15, 0.2) is 71.3 Å². The van der Waals surface area contributed by atoms with Crippen molar-refractivity contribution in [3.05, 3.63) is 89.6 Å². The maximum absolute atomic E-state index is 12.0. The molecule has 1 aromatic heterocycles. The summed E-state index contributed by atoms with van der Waals surface area (Å²) in [5, 5.41) is 12.0. The van der Waals surface area contributed by atoms with Crippen LogP contribution in [0.4, 0.5) is 0 Å². The Morgan fingerprint density at radius 2 is 1.59 bits per heavy atom. The predicted molar refractivity (Wildman–Crippen MR) is 133 cm³/mol. The lowest BCUT2D eigenvalue weighted by molar-refractivity contribution is -0.904. The van der Waals surface area contributed by atoms with Gasteiger partial charge in [-0.05, 0) is 43.2 Å². The Morgan fingerprint density at radius 3 is 2.26 bits per heavy atom. The number of aryl methyl sites for hydroxylation is 1. The molecule has 0 spiro atoms.